The van der Waals surface area contributed by atoms with Crippen LogP contribution >= 0.6 is 0 Å². The van der Waals surface area contributed by atoms with Gasteiger partial charge in [-0.05, 0) is 29.0 Å². The second kappa shape index (κ2) is 5.15. The average molecular weight is 248 g/mol. The third-order valence-electron chi connectivity index (χ3n) is 3.41. The highest BCUT2D eigenvalue weighted by atomic mass is 16.5. The first kappa shape index (κ1) is 11.8. The average Bonchev–Trinajstić information content (AvgIpc) is 2.48. The topological polar surface area (TPSA) is 9.23 Å². The van der Waals surface area contributed by atoms with Crippen molar-refractivity contribution in [2.24, 2.45) is 0 Å². The van der Waals surface area contributed by atoms with Gasteiger partial charge in [-0.3, -0.25) is 0 Å². The van der Waals surface area contributed by atoms with Gasteiger partial charge in [0.15, 0.2) is 0 Å². The Bertz CT molecular complexity index is 681. The fourth-order valence-corrected chi connectivity index (χ4v) is 2.52. The van der Waals surface area contributed by atoms with Gasteiger partial charge < -0.3 is 4.74 Å². The zero-order valence-electron chi connectivity index (χ0n) is 11.0. The Morgan fingerprint density at radius 3 is 2.26 bits per heavy atom. The van der Waals surface area contributed by atoms with Crippen LogP contribution in [0.25, 0.3) is 10.8 Å². The maximum atomic E-state index is 5.51. The van der Waals surface area contributed by atoms with Crippen LogP contribution in [0, 0.1) is 0 Å². The highest BCUT2D eigenvalue weighted by Gasteiger charge is 2.07. The molecule has 0 unspecified atom stereocenters. The van der Waals surface area contributed by atoms with Crippen molar-refractivity contribution in [3.8, 4) is 5.75 Å². The molecule has 19 heavy (non-hydrogen) atoms. The number of ether oxygens (including phenoxy) is 1. The second-order valence-corrected chi connectivity index (χ2v) is 4.64. The van der Waals surface area contributed by atoms with Crippen LogP contribution in [0.2, 0.25) is 0 Å². The number of rotatable bonds is 3. The maximum absolute atomic E-state index is 5.51. The molecular weight excluding hydrogens is 232 g/mol. The summed E-state index contributed by atoms with van der Waals surface area (Å²) in [6.07, 6.45) is 0.929. The second-order valence-electron chi connectivity index (χ2n) is 4.64. The van der Waals surface area contributed by atoms with Gasteiger partial charge in [-0.25, -0.2) is 0 Å². The van der Waals surface area contributed by atoms with Crippen LogP contribution in [0.15, 0.2) is 66.7 Å². The largest absolute Gasteiger partial charge is 0.496 e. The van der Waals surface area contributed by atoms with E-state index in [1.165, 1.54) is 21.9 Å². The molecule has 0 radical (unpaired) electrons. The van der Waals surface area contributed by atoms with E-state index in [4.69, 9.17) is 4.74 Å². The number of fused-ring (bicyclic) bond motifs is 1. The Kier molecular flexibility index (Phi) is 3.20. The predicted octanol–water partition coefficient (Wildman–Crippen LogP) is 4.44. The van der Waals surface area contributed by atoms with Crippen LogP contribution in [0.5, 0.6) is 5.75 Å². The first-order valence-electron chi connectivity index (χ1n) is 6.47. The van der Waals surface area contributed by atoms with Gasteiger partial charge in [-0.2, -0.15) is 0 Å². The van der Waals surface area contributed by atoms with Crippen LogP contribution in [-0.4, -0.2) is 7.11 Å². The molecule has 0 aromatic heterocycles. The molecule has 0 spiro atoms. The Morgan fingerprint density at radius 2 is 1.53 bits per heavy atom. The van der Waals surface area contributed by atoms with Crippen molar-refractivity contribution in [3.63, 3.8) is 0 Å². The van der Waals surface area contributed by atoms with Crippen LogP contribution in [-0.2, 0) is 6.42 Å². The van der Waals surface area contributed by atoms with Crippen molar-refractivity contribution in [2.75, 3.05) is 7.11 Å². The molecule has 0 aliphatic rings. The number of methoxy groups -OCH3 is 1. The van der Waals surface area contributed by atoms with E-state index in [-0.39, 0.29) is 0 Å². The van der Waals surface area contributed by atoms with Crippen LogP contribution in [0.3, 0.4) is 0 Å². The normalized spacial score (nSPS) is 10.6. The van der Waals surface area contributed by atoms with E-state index >= 15 is 0 Å². The van der Waals surface area contributed by atoms with Crippen molar-refractivity contribution < 1.29 is 4.74 Å². The molecule has 3 aromatic carbocycles. The summed E-state index contributed by atoms with van der Waals surface area (Å²) in [6, 6.07) is 23.1. The molecule has 0 aliphatic carbocycles. The SMILES string of the molecule is COc1cccc2cccc(Cc3ccccc3)c12. The Balaban J connectivity index is 2.13. The molecule has 0 heterocycles. The molecule has 0 fully saturated rings. The Hall–Kier alpha value is -2.28. The lowest BCUT2D eigenvalue weighted by Gasteiger charge is -2.11. The lowest BCUT2D eigenvalue weighted by atomic mass is 9.98. The summed E-state index contributed by atoms with van der Waals surface area (Å²) in [4.78, 5) is 0. The zero-order valence-corrected chi connectivity index (χ0v) is 11.0. The minimum absolute atomic E-state index is 0.929. The van der Waals surface area contributed by atoms with Gasteiger partial charge in [-0.1, -0.05) is 60.7 Å². The van der Waals surface area contributed by atoms with Gasteiger partial charge >= 0.3 is 0 Å². The Labute approximate surface area is 113 Å². The first-order chi connectivity index (χ1) is 9.38. The number of hydrogen-bond donors (Lipinski definition) is 0. The fraction of sp³-hybridized carbons (Fsp3) is 0.111. The smallest absolute Gasteiger partial charge is 0.126 e. The molecule has 0 bridgehead atoms. The van der Waals surface area contributed by atoms with Gasteiger partial charge in [-0.15, -0.1) is 0 Å². The van der Waals surface area contributed by atoms with Crippen molar-refractivity contribution in [3.05, 3.63) is 77.9 Å². The summed E-state index contributed by atoms with van der Waals surface area (Å²) in [5, 5.41) is 2.45. The van der Waals surface area contributed by atoms with Crippen LogP contribution in [0.1, 0.15) is 11.1 Å². The molecule has 1 heteroatoms. The van der Waals surface area contributed by atoms with Gasteiger partial charge in [0.2, 0.25) is 0 Å². The summed E-state index contributed by atoms with van der Waals surface area (Å²) < 4.78 is 5.51. The summed E-state index contributed by atoms with van der Waals surface area (Å²) in [7, 11) is 1.73. The monoisotopic (exact) mass is 248 g/mol. The van der Waals surface area contributed by atoms with Crippen molar-refractivity contribution >= 4 is 10.8 Å². The minimum atomic E-state index is 0.929. The lowest BCUT2D eigenvalue weighted by molar-refractivity contribution is 0.419. The van der Waals surface area contributed by atoms with E-state index in [0.29, 0.717) is 0 Å². The van der Waals surface area contributed by atoms with Gasteiger partial charge in [0.1, 0.15) is 5.75 Å². The van der Waals surface area contributed by atoms with E-state index in [0.717, 1.165) is 12.2 Å². The molecule has 3 rings (SSSR count). The zero-order chi connectivity index (χ0) is 13.1. The highest BCUT2D eigenvalue weighted by molar-refractivity contribution is 5.91. The molecule has 1 nitrogen and oxygen atoms in total. The van der Waals surface area contributed by atoms with E-state index < -0.39 is 0 Å². The van der Waals surface area contributed by atoms with Crippen LogP contribution < -0.4 is 4.74 Å². The highest BCUT2D eigenvalue weighted by Crippen LogP contribution is 2.30. The molecule has 0 saturated carbocycles. The molecule has 0 amide bonds. The van der Waals surface area contributed by atoms with Crippen molar-refractivity contribution in [1.29, 1.82) is 0 Å². The third kappa shape index (κ3) is 2.32. The quantitative estimate of drug-likeness (QED) is 0.666. The minimum Gasteiger partial charge on any atom is -0.496 e. The standard InChI is InChI=1S/C18H16O/c1-19-17-12-6-10-15-9-5-11-16(18(15)17)13-14-7-3-2-4-8-14/h2-12H,13H2,1H3. The maximum Gasteiger partial charge on any atom is 0.126 e. The van der Waals surface area contributed by atoms with Crippen molar-refractivity contribution in [2.45, 2.75) is 6.42 Å². The summed E-state index contributed by atoms with van der Waals surface area (Å²) in [5.41, 5.74) is 2.63. The van der Waals surface area contributed by atoms with Gasteiger partial charge in [0, 0.05) is 5.39 Å². The molecule has 3 aromatic rings. The van der Waals surface area contributed by atoms with Gasteiger partial charge in [0.05, 0.1) is 7.11 Å². The molecule has 0 N–H and O–H groups in total. The summed E-state index contributed by atoms with van der Waals surface area (Å²) in [5.74, 6) is 0.948. The molecule has 0 atom stereocenters. The van der Waals surface area contributed by atoms with Crippen LogP contribution in [0.4, 0.5) is 0 Å². The molecule has 0 aliphatic heterocycles. The first-order valence-corrected chi connectivity index (χ1v) is 6.47. The number of hydrogen-bond acceptors (Lipinski definition) is 1. The summed E-state index contributed by atoms with van der Waals surface area (Å²) >= 11 is 0. The fourth-order valence-electron chi connectivity index (χ4n) is 2.52. The molecule has 94 valence electrons. The van der Waals surface area contributed by atoms with E-state index in [1.54, 1.807) is 7.11 Å². The predicted molar refractivity (Wildman–Crippen MR) is 79.7 cm³/mol. The van der Waals surface area contributed by atoms with E-state index in [9.17, 15) is 0 Å². The summed E-state index contributed by atoms with van der Waals surface area (Å²) in [6.45, 7) is 0. The van der Waals surface area contributed by atoms with Crippen molar-refractivity contribution in [1.82, 2.24) is 0 Å². The molecular formula is C18H16O. The van der Waals surface area contributed by atoms with E-state index in [1.807, 2.05) is 18.2 Å². The molecule has 0 saturated heterocycles. The third-order valence-corrected chi connectivity index (χ3v) is 3.41. The Morgan fingerprint density at radius 1 is 0.789 bits per heavy atom. The number of benzene rings is 3. The van der Waals surface area contributed by atoms with Gasteiger partial charge in [0.25, 0.3) is 0 Å². The lowest BCUT2D eigenvalue weighted by Crippen LogP contribution is -1.92. The van der Waals surface area contributed by atoms with E-state index in [2.05, 4.69) is 48.5 Å².